The summed E-state index contributed by atoms with van der Waals surface area (Å²) in [5, 5.41) is 38.9. The minimum atomic E-state index is -1.42. The maximum Gasteiger partial charge on any atom is 0.247 e. The van der Waals surface area contributed by atoms with Gasteiger partial charge >= 0.3 is 0 Å². The van der Waals surface area contributed by atoms with Crippen LogP contribution in [0.5, 0.6) is 5.88 Å². The van der Waals surface area contributed by atoms with Crippen LogP contribution in [0.1, 0.15) is 44.1 Å². The van der Waals surface area contributed by atoms with E-state index in [-0.39, 0.29) is 5.95 Å². The van der Waals surface area contributed by atoms with Gasteiger partial charge in [0, 0.05) is 16.7 Å². The molecule has 214 valence electrons. The van der Waals surface area contributed by atoms with Gasteiger partial charge in [0.1, 0.15) is 31.0 Å². The van der Waals surface area contributed by atoms with Gasteiger partial charge in [-0.05, 0) is 53.1 Å². The number of aliphatic hydroxyl groups excluding tert-OH is 4. The van der Waals surface area contributed by atoms with E-state index in [1.165, 1.54) is 0 Å². The first kappa shape index (κ1) is 29.8. The minimum absolute atomic E-state index is 0.146. The van der Waals surface area contributed by atoms with Crippen molar-refractivity contribution in [3.63, 3.8) is 0 Å². The Morgan fingerprint density at radius 1 is 1.00 bits per heavy atom. The average molecular weight is 662 g/mol. The molecule has 1 saturated heterocycles. The first-order valence-corrected chi connectivity index (χ1v) is 14.2. The highest BCUT2D eigenvalue weighted by Gasteiger charge is 2.43. The fraction of sp³-hybridized carbons (Fsp3) is 0.577. The molecular formula is C26H36IN5O7. The van der Waals surface area contributed by atoms with Gasteiger partial charge in [0.2, 0.25) is 11.8 Å². The second-order valence-corrected chi connectivity index (χ2v) is 10.9. The number of rotatable bonds is 14. The van der Waals surface area contributed by atoms with Crippen molar-refractivity contribution in [2.45, 2.75) is 82.4 Å². The number of hydrogen-bond donors (Lipinski definition) is 5. The van der Waals surface area contributed by atoms with Crippen LogP contribution in [0.3, 0.4) is 0 Å². The number of hydrogen-bond acceptors (Lipinski definition) is 11. The molecule has 0 saturated carbocycles. The van der Waals surface area contributed by atoms with Gasteiger partial charge in [-0.2, -0.15) is 9.97 Å². The third kappa shape index (κ3) is 7.96. The number of nitrogens with zero attached hydrogens (tertiary/aromatic N) is 4. The maximum absolute atomic E-state index is 10.0. The predicted molar refractivity (Wildman–Crippen MR) is 151 cm³/mol. The topological polar surface area (TPSA) is 178 Å². The summed E-state index contributed by atoms with van der Waals surface area (Å²) in [5.74, 6) is 0.522. The first-order chi connectivity index (χ1) is 18.9. The molecule has 0 radical (unpaired) electrons. The van der Waals surface area contributed by atoms with Gasteiger partial charge in [0.15, 0.2) is 17.5 Å². The second-order valence-electron chi connectivity index (χ2n) is 9.61. The van der Waals surface area contributed by atoms with Gasteiger partial charge in [-0.15, -0.1) is 0 Å². The standard InChI is InChI=1S/C26H36IN5O7/c27-17-9-7-8-16(12-17)14-38-24-19-23(30-26(28)31-24)32(15-29-19)10-5-3-1-2-4-6-11-37-25-22(36)21(35)20(34)18(13-33)39-25/h7-9,12,15,18,20-22,25,33-36H,1-6,10-11,13-14H2,(H2,28,30,31)/t18-,20-,21+,22-,25-/m1/s1/i27+4. The largest absolute Gasteiger partial charge is 0.471 e. The molecule has 0 aliphatic carbocycles. The fourth-order valence-corrected chi connectivity index (χ4v) is 5.08. The van der Waals surface area contributed by atoms with Crippen molar-refractivity contribution in [2.75, 3.05) is 18.9 Å². The van der Waals surface area contributed by atoms with Crippen molar-refractivity contribution in [3.8, 4) is 5.88 Å². The highest BCUT2D eigenvalue weighted by molar-refractivity contribution is 14.1. The molecule has 1 fully saturated rings. The lowest BCUT2D eigenvalue weighted by Crippen LogP contribution is -2.59. The fourth-order valence-electron chi connectivity index (χ4n) is 4.47. The van der Waals surface area contributed by atoms with Crippen LogP contribution in [-0.4, -0.2) is 83.9 Å². The minimum Gasteiger partial charge on any atom is -0.471 e. The van der Waals surface area contributed by atoms with E-state index < -0.39 is 37.3 Å². The van der Waals surface area contributed by atoms with Crippen molar-refractivity contribution < 1.29 is 34.6 Å². The highest BCUT2D eigenvalue weighted by atomic mass is 131. The number of nitrogen functional groups attached to an aromatic ring is 1. The Morgan fingerprint density at radius 3 is 2.54 bits per heavy atom. The summed E-state index contributed by atoms with van der Waals surface area (Å²) in [6.45, 7) is 0.994. The SMILES string of the molecule is Nc1nc(OCc2cccc([131I])c2)c2ncn(CCCCCCCCO[C@@H]3O[C@H](CO)[C@@H](O)[C@H](O)[C@H]3O)c2n1. The Morgan fingerprint density at radius 2 is 1.77 bits per heavy atom. The predicted octanol–water partition coefficient (Wildman–Crippen LogP) is 1.75. The number of halogens is 1. The summed E-state index contributed by atoms with van der Waals surface area (Å²) in [6.07, 6.45) is 1.31. The van der Waals surface area contributed by atoms with Crippen molar-refractivity contribution >= 4 is 39.7 Å². The van der Waals surface area contributed by atoms with E-state index in [9.17, 15) is 20.4 Å². The molecule has 0 amide bonds. The monoisotopic (exact) mass is 661 g/mol. The Kier molecular flexibility index (Phi) is 11.1. The number of aromatic nitrogens is 4. The van der Waals surface area contributed by atoms with Crippen LogP contribution in [0.15, 0.2) is 30.6 Å². The van der Waals surface area contributed by atoms with E-state index in [4.69, 9.17) is 19.9 Å². The second kappa shape index (κ2) is 14.5. The molecule has 0 unspecified atom stereocenters. The van der Waals surface area contributed by atoms with Crippen LogP contribution in [-0.2, 0) is 22.6 Å². The molecule has 6 N–H and O–H groups in total. The molecule has 3 aromatic rings. The van der Waals surface area contributed by atoms with Crippen LogP contribution < -0.4 is 10.5 Å². The number of anilines is 1. The molecule has 39 heavy (non-hydrogen) atoms. The number of ether oxygens (including phenoxy) is 3. The number of benzene rings is 1. The number of fused-ring (bicyclic) bond motifs is 1. The van der Waals surface area contributed by atoms with E-state index in [1.54, 1.807) is 6.33 Å². The van der Waals surface area contributed by atoms with Gasteiger partial charge < -0.3 is 44.9 Å². The lowest BCUT2D eigenvalue weighted by atomic mass is 9.99. The summed E-state index contributed by atoms with van der Waals surface area (Å²) < 4.78 is 19.9. The molecule has 0 spiro atoms. The summed E-state index contributed by atoms with van der Waals surface area (Å²) in [5.41, 5.74) is 8.24. The van der Waals surface area contributed by atoms with Crippen LogP contribution in [0.2, 0.25) is 0 Å². The van der Waals surface area contributed by atoms with Crippen LogP contribution >= 0.6 is 22.6 Å². The highest BCUT2D eigenvalue weighted by Crippen LogP contribution is 2.24. The Hall–Kier alpha value is -2.14. The van der Waals surface area contributed by atoms with E-state index in [0.29, 0.717) is 30.3 Å². The summed E-state index contributed by atoms with van der Waals surface area (Å²) in [6, 6.07) is 8.05. The molecule has 0 bridgehead atoms. The zero-order valence-electron chi connectivity index (χ0n) is 21.6. The van der Waals surface area contributed by atoms with Crippen molar-refractivity contribution in [1.29, 1.82) is 0 Å². The number of unbranched alkanes of at least 4 members (excludes halogenated alkanes) is 5. The summed E-state index contributed by atoms with van der Waals surface area (Å²) in [4.78, 5) is 13.1. The molecule has 13 heteroatoms. The first-order valence-electron chi connectivity index (χ1n) is 13.1. The van der Waals surface area contributed by atoms with Crippen LogP contribution in [0, 0.1) is 3.57 Å². The van der Waals surface area contributed by atoms with E-state index in [0.717, 1.165) is 54.2 Å². The number of aliphatic hydroxyl groups is 4. The summed E-state index contributed by atoms with van der Waals surface area (Å²) in [7, 11) is 0. The van der Waals surface area contributed by atoms with E-state index >= 15 is 0 Å². The average Bonchev–Trinajstić information content (AvgIpc) is 3.33. The Balaban J connectivity index is 1.15. The smallest absolute Gasteiger partial charge is 0.247 e. The quantitative estimate of drug-likeness (QED) is 0.126. The van der Waals surface area contributed by atoms with Crippen LogP contribution in [0.25, 0.3) is 11.2 Å². The Labute approximate surface area is 240 Å². The summed E-state index contributed by atoms with van der Waals surface area (Å²) >= 11 is 2.26. The zero-order valence-corrected chi connectivity index (χ0v) is 23.8. The van der Waals surface area contributed by atoms with Gasteiger partial charge in [-0.25, -0.2) is 4.98 Å². The molecular weight excluding hydrogens is 625 g/mol. The zero-order chi connectivity index (χ0) is 27.8. The van der Waals surface area contributed by atoms with Crippen molar-refractivity contribution in [3.05, 3.63) is 39.7 Å². The lowest BCUT2D eigenvalue weighted by molar-refractivity contribution is -0.301. The maximum atomic E-state index is 10.0. The van der Waals surface area contributed by atoms with Gasteiger partial charge in [-0.3, -0.25) is 0 Å². The van der Waals surface area contributed by atoms with Gasteiger partial charge in [0.25, 0.3) is 0 Å². The Bertz CT molecular complexity index is 1200. The third-order valence-electron chi connectivity index (χ3n) is 6.64. The molecule has 3 heterocycles. The molecule has 4 rings (SSSR count). The molecule has 5 atom stereocenters. The number of aryl methyl sites for hydroxylation is 1. The van der Waals surface area contributed by atoms with E-state index in [1.807, 2.05) is 28.8 Å². The molecule has 1 aliphatic heterocycles. The van der Waals surface area contributed by atoms with E-state index in [2.05, 4.69) is 37.5 Å². The molecule has 1 aliphatic rings. The number of imidazole rings is 1. The third-order valence-corrected chi connectivity index (χ3v) is 7.31. The molecule has 1 aromatic carbocycles. The number of nitrogens with two attached hydrogens (primary N) is 1. The van der Waals surface area contributed by atoms with Gasteiger partial charge in [0.05, 0.1) is 12.9 Å². The van der Waals surface area contributed by atoms with Crippen molar-refractivity contribution in [2.24, 2.45) is 0 Å². The van der Waals surface area contributed by atoms with Gasteiger partial charge in [-0.1, -0.05) is 37.8 Å². The molecule has 12 nitrogen and oxygen atoms in total. The lowest BCUT2D eigenvalue weighted by Gasteiger charge is -2.39. The molecule has 2 aromatic heterocycles. The normalized spacial score (nSPS) is 23.4. The van der Waals surface area contributed by atoms with Crippen LogP contribution in [0.4, 0.5) is 5.95 Å². The van der Waals surface area contributed by atoms with Crippen molar-refractivity contribution in [1.82, 2.24) is 19.5 Å².